The molecule has 0 amide bonds. The highest BCUT2D eigenvalue weighted by molar-refractivity contribution is 7.33. The number of anilines is 6. The molecule has 0 fully saturated rings. The highest BCUT2D eigenvalue weighted by Crippen LogP contribution is 2.54. The van der Waals surface area contributed by atoms with Gasteiger partial charge in [0, 0.05) is 42.7 Å². The number of hydrogen-bond acceptors (Lipinski definition) is 3. The van der Waals surface area contributed by atoms with E-state index in [0.717, 1.165) is 9.47 Å². The summed E-state index contributed by atoms with van der Waals surface area (Å²) < 4.78 is 293. The van der Waals surface area contributed by atoms with Crippen molar-refractivity contribution in [3.8, 4) is 27.9 Å². The van der Waals surface area contributed by atoms with Crippen molar-refractivity contribution in [3.05, 3.63) is 193 Å². The molecule has 0 N–H and O–H groups in total. The van der Waals surface area contributed by atoms with Gasteiger partial charge in [0.25, 0.3) is 6.71 Å². The molecule has 0 saturated heterocycles. The minimum absolute atomic E-state index is 0.177. The molecule has 296 valence electrons. The third-order valence-electron chi connectivity index (χ3n) is 11.6. The maximum absolute atomic E-state index is 10.6. The summed E-state index contributed by atoms with van der Waals surface area (Å²) in [5.41, 5.74) is -8.86. The van der Waals surface area contributed by atoms with E-state index in [9.17, 15) is 24.7 Å². The molecule has 3 aliphatic heterocycles. The summed E-state index contributed by atoms with van der Waals surface area (Å²) in [4.78, 5) is 2.23. The Hall–Kier alpha value is -7.34. The summed E-state index contributed by atoms with van der Waals surface area (Å²) in [6.45, 7) is 3.08. The Bertz CT molecular complexity index is 5530. The zero-order valence-corrected chi connectivity index (χ0v) is 33.6. The SMILES string of the molecule is [2H]c1c([2H])c([2H])c(-c2c([2H])c([2H])c3sc4c(c3c2[2H])N(c2c([2H])c([2H])c(-c3c([2H])c([2H])c([2H])c5c([2H])c([2H])c([2H])c([2H])c35)c([2H])c2[2H])c2c([2H])c(C(C)(C)C)c([2H])c3c2B4c2c([2H])c([2H])c([2H])c4c2N3c2c([2H])c([2H])c([2H])c3c5c([2H])c([2H])c([2H])c([2H])c5n-4c23)c([2H])c1[2H]. The molecule has 0 spiro atoms. The smallest absolute Gasteiger partial charge is 0.264 e. The average Bonchev–Trinajstić information content (AvgIpc) is 1.29. The Morgan fingerprint density at radius 1 is 0.508 bits per heavy atom. The molecule has 11 aromatic rings. The van der Waals surface area contributed by atoms with Crippen LogP contribution in [0.4, 0.5) is 34.1 Å². The predicted molar refractivity (Wildman–Crippen MR) is 271 cm³/mol. The fraction of sp³-hybridized carbons (Fsp3) is 0.0690. The van der Waals surface area contributed by atoms with Crippen molar-refractivity contribution >= 4 is 111 Å². The number of aromatic nitrogens is 1. The lowest BCUT2D eigenvalue weighted by Crippen LogP contribution is -2.61. The fourth-order valence-electron chi connectivity index (χ4n) is 8.91. The van der Waals surface area contributed by atoms with Crippen molar-refractivity contribution in [2.75, 3.05) is 9.80 Å². The van der Waals surface area contributed by atoms with Gasteiger partial charge in [-0.25, -0.2) is 0 Å². The Labute approximate surface area is 414 Å². The first kappa shape index (κ1) is 16.7. The second kappa shape index (κ2) is 12.6. The standard InChI is InChI=1S/C58H40BN3S/c1-58(2,3)39-33-50-53-51(34-39)62-48-24-12-21-44-43-19-9-10-23-47(43)61(54(44)48)49-25-13-22-46(56(49)62)59(53)57-55(45-32-38(28-31-52(45)63-57)35-14-5-4-6-15-35)60(50)40-29-26-37(27-30-40)42-20-11-17-36-16-7-8-18-41(36)42/h4-34H,1-3H3/i4D,5D,6D,7D,8D,9D,10D,11D,12D,13D,14D,15D,16D,17D,18D,19D,20D,21D,22D,23D,24D,25D,26D,27D,28D,29D,30D,31D,32D,33D,34D. The van der Waals surface area contributed by atoms with Gasteiger partial charge in [0.1, 0.15) is 0 Å². The second-order valence-corrected chi connectivity index (χ2v) is 17.1. The van der Waals surface area contributed by atoms with E-state index in [1.165, 1.54) is 4.90 Å². The second-order valence-electron chi connectivity index (χ2n) is 16.1. The molecule has 9 aromatic carbocycles. The molecule has 0 atom stereocenters. The molecule has 0 aliphatic carbocycles. The maximum Gasteiger partial charge on any atom is 0.264 e. The van der Waals surface area contributed by atoms with Gasteiger partial charge in [-0.2, -0.15) is 0 Å². The van der Waals surface area contributed by atoms with Gasteiger partial charge >= 0.3 is 0 Å². The zero-order chi connectivity index (χ0) is 68.7. The summed E-state index contributed by atoms with van der Waals surface area (Å²) >= 11 is 0.631. The van der Waals surface area contributed by atoms with Crippen LogP contribution in [0.2, 0.25) is 0 Å². The van der Waals surface area contributed by atoms with E-state index in [2.05, 4.69) is 0 Å². The Morgan fingerprint density at radius 2 is 1.19 bits per heavy atom. The number of hydrogen-bond donors (Lipinski definition) is 0. The van der Waals surface area contributed by atoms with Gasteiger partial charge in [-0.15, -0.1) is 11.3 Å². The third-order valence-corrected chi connectivity index (χ3v) is 12.7. The molecule has 0 unspecified atom stereocenters. The van der Waals surface area contributed by atoms with Crippen LogP contribution in [0.25, 0.3) is 70.6 Å². The number of fused-ring (bicyclic) bond motifs is 12. The summed E-state index contributed by atoms with van der Waals surface area (Å²) in [7, 11) is 0. The van der Waals surface area contributed by atoms with Gasteiger partial charge in [-0.1, -0.05) is 154 Å². The molecule has 2 aromatic heterocycles. The molecule has 3 nitrogen and oxygen atoms in total. The molecular formula is C58H40BN3S. The maximum atomic E-state index is 10.6. The average molecular weight is 853 g/mol. The van der Waals surface area contributed by atoms with Gasteiger partial charge in [0.05, 0.1) is 76.3 Å². The lowest BCUT2D eigenvalue weighted by Gasteiger charge is -2.46. The minimum atomic E-state index is -1.73. The first-order chi connectivity index (χ1) is 43.8. The quantitative estimate of drug-likeness (QED) is 0.164. The summed E-state index contributed by atoms with van der Waals surface area (Å²) in [6, 6.07) is -25.9. The van der Waals surface area contributed by atoms with E-state index in [0.29, 0.717) is 11.3 Å². The third kappa shape index (κ3) is 4.80. The number of nitrogens with zero attached hydrogens (tertiary/aromatic N) is 3. The fourth-order valence-corrected chi connectivity index (χ4v) is 10.1. The Balaban J connectivity index is 1.25. The van der Waals surface area contributed by atoms with Gasteiger partial charge < -0.3 is 14.4 Å². The van der Waals surface area contributed by atoms with Crippen LogP contribution in [0.5, 0.6) is 0 Å². The molecule has 5 heteroatoms. The minimum Gasteiger partial charge on any atom is -0.310 e. The summed E-state index contributed by atoms with van der Waals surface area (Å²) in [5.74, 6) is 0. The zero-order valence-electron chi connectivity index (χ0n) is 63.8. The molecule has 5 heterocycles. The van der Waals surface area contributed by atoms with Crippen molar-refractivity contribution in [1.29, 1.82) is 0 Å². The number of rotatable bonds is 3. The van der Waals surface area contributed by atoms with E-state index in [4.69, 9.17) is 17.8 Å². The summed E-state index contributed by atoms with van der Waals surface area (Å²) in [6.07, 6.45) is 0. The van der Waals surface area contributed by atoms with Crippen LogP contribution in [0.3, 0.4) is 0 Å². The van der Waals surface area contributed by atoms with E-state index in [-0.39, 0.29) is 64.8 Å². The first-order valence-corrected chi connectivity index (χ1v) is 20.4. The van der Waals surface area contributed by atoms with Crippen molar-refractivity contribution in [2.45, 2.75) is 26.2 Å². The molecule has 63 heavy (non-hydrogen) atoms. The van der Waals surface area contributed by atoms with E-state index >= 15 is 0 Å². The molecule has 0 bridgehead atoms. The highest BCUT2D eigenvalue weighted by atomic mass is 32.1. The topological polar surface area (TPSA) is 11.4 Å². The first-order valence-electron chi connectivity index (χ1n) is 35.0. The largest absolute Gasteiger partial charge is 0.310 e. The van der Waals surface area contributed by atoms with Crippen LogP contribution >= 0.6 is 11.3 Å². The van der Waals surface area contributed by atoms with Crippen molar-refractivity contribution in [2.24, 2.45) is 0 Å². The van der Waals surface area contributed by atoms with Crippen molar-refractivity contribution < 1.29 is 42.5 Å². The van der Waals surface area contributed by atoms with Crippen LogP contribution in [0.15, 0.2) is 187 Å². The molecular weight excluding hydrogens is 782 g/mol. The van der Waals surface area contributed by atoms with Crippen LogP contribution in [-0.2, 0) is 5.41 Å². The lowest BCUT2D eigenvalue weighted by molar-refractivity contribution is 0.590. The Kier molecular flexibility index (Phi) is 3.36. The van der Waals surface area contributed by atoms with Crippen LogP contribution in [-0.4, -0.2) is 11.3 Å². The van der Waals surface area contributed by atoms with Gasteiger partial charge in [-0.05, 0) is 109 Å². The lowest BCUT2D eigenvalue weighted by atomic mass is 9.36. The molecule has 0 radical (unpaired) electrons. The van der Waals surface area contributed by atoms with Gasteiger partial charge in [0.15, 0.2) is 0 Å². The number of thiophene rings is 1. The van der Waals surface area contributed by atoms with Crippen LogP contribution in [0, 0.1) is 0 Å². The Morgan fingerprint density at radius 3 is 2.03 bits per heavy atom. The molecule has 3 aliphatic rings. The monoisotopic (exact) mass is 852 g/mol. The van der Waals surface area contributed by atoms with E-state index < -0.39 is 261 Å². The van der Waals surface area contributed by atoms with Crippen molar-refractivity contribution in [3.63, 3.8) is 0 Å². The van der Waals surface area contributed by atoms with E-state index in [1.54, 1.807) is 20.8 Å². The summed E-state index contributed by atoms with van der Waals surface area (Å²) in [5, 5.41) is -2.32. The highest BCUT2D eigenvalue weighted by Gasteiger charge is 2.48. The number of benzene rings is 9. The van der Waals surface area contributed by atoms with Gasteiger partial charge in [0.2, 0.25) is 0 Å². The predicted octanol–water partition coefficient (Wildman–Crippen LogP) is 14.2. The molecule has 0 saturated carbocycles. The van der Waals surface area contributed by atoms with Crippen LogP contribution < -0.4 is 25.5 Å². The van der Waals surface area contributed by atoms with Gasteiger partial charge in [-0.3, -0.25) is 0 Å². The normalized spacial score (nSPS) is 20.4. The van der Waals surface area contributed by atoms with Crippen LogP contribution in [0.1, 0.15) is 68.8 Å². The molecule has 14 rings (SSSR count). The van der Waals surface area contributed by atoms with Crippen molar-refractivity contribution in [1.82, 2.24) is 4.57 Å². The number of para-hydroxylation sites is 3. The van der Waals surface area contributed by atoms with E-state index in [1.807, 2.05) is 0 Å².